The van der Waals surface area contributed by atoms with Crippen LogP contribution in [0, 0.1) is 17.2 Å². The number of aliphatic carboxylic acids is 1. The fourth-order valence-electron chi connectivity index (χ4n) is 3.99. The van der Waals surface area contributed by atoms with E-state index in [1.165, 1.54) is 24.1 Å². The topological polar surface area (TPSA) is 95.9 Å². The first-order valence-corrected chi connectivity index (χ1v) is 8.50. The number of anilines is 1. The molecule has 0 unspecified atom stereocenters. The molecule has 1 aromatic carbocycles. The van der Waals surface area contributed by atoms with Crippen molar-refractivity contribution in [2.45, 2.75) is 25.7 Å². The van der Waals surface area contributed by atoms with E-state index in [1.54, 1.807) is 0 Å². The fourth-order valence-corrected chi connectivity index (χ4v) is 3.99. The summed E-state index contributed by atoms with van der Waals surface area (Å²) < 4.78 is 18.6. The van der Waals surface area contributed by atoms with Gasteiger partial charge in [-0.25, -0.2) is 9.18 Å². The quantitative estimate of drug-likeness (QED) is 0.799. The van der Waals surface area contributed by atoms with Gasteiger partial charge in [0.05, 0.1) is 18.9 Å². The van der Waals surface area contributed by atoms with Crippen molar-refractivity contribution in [3.63, 3.8) is 0 Å². The number of hydrogen-bond acceptors (Lipinski definition) is 4. The normalized spacial score (nSPS) is 24.2. The van der Waals surface area contributed by atoms with Gasteiger partial charge in [-0.3, -0.25) is 9.59 Å². The number of likely N-dealkylation sites (tertiary alicyclic amines) is 1. The summed E-state index contributed by atoms with van der Waals surface area (Å²) in [7, 11) is 1.23. The van der Waals surface area contributed by atoms with Crippen molar-refractivity contribution in [2.75, 3.05) is 25.5 Å². The van der Waals surface area contributed by atoms with Crippen LogP contribution in [0.4, 0.5) is 14.9 Å². The number of nitrogens with one attached hydrogen (secondary N) is 1. The number of esters is 1. The van der Waals surface area contributed by atoms with E-state index in [2.05, 4.69) is 10.1 Å². The number of carboxylic acid groups (broad SMARTS) is 1. The maximum absolute atomic E-state index is 14.1. The second kappa shape index (κ2) is 6.93. The molecule has 1 aromatic rings. The lowest BCUT2D eigenvalue weighted by Crippen LogP contribution is -2.38. The van der Waals surface area contributed by atoms with Crippen molar-refractivity contribution in [3.8, 4) is 0 Å². The molecule has 2 fully saturated rings. The maximum Gasteiger partial charge on any atom is 0.321 e. The standard InChI is InChI=1S/C18H21FN2O5/c1-26-15(22)7-11-4-5-13(8-14(11)19)20-17(25)21-9-12-3-2-6-18(12,10-21)16(23)24/h4-5,8,12H,2-3,6-7,9-10H2,1H3,(H,20,25)(H,23,24)/t12-,18+/m0/s1. The molecule has 0 aromatic heterocycles. The molecule has 8 heteroatoms. The zero-order chi connectivity index (χ0) is 18.9. The van der Waals surface area contributed by atoms with Crippen LogP contribution in [0.3, 0.4) is 0 Å². The lowest BCUT2D eigenvalue weighted by Gasteiger charge is -2.23. The Bertz CT molecular complexity index is 753. The van der Waals surface area contributed by atoms with Crippen LogP contribution in [-0.2, 0) is 20.7 Å². The molecule has 1 heterocycles. The zero-order valence-electron chi connectivity index (χ0n) is 14.5. The first-order valence-electron chi connectivity index (χ1n) is 8.50. The average Bonchev–Trinajstić information content (AvgIpc) is 3.15. The number of nitrogens with zero attached hydrogens (tertiary/aromatic N) is 1. The largest absolute Gasteiger partial charge is 0.481 e. The smallest absolute Gasteiger partial charge is 0.321 e. The minimum atomic E-state index is -0.854. The summed E-state index contributed by atoms with van der Waals surface area (Å²) in [6, 6.07) is 3.61. The minimum Gasteiger partial charge on any atom is -0.481 e. The Hall–Kier alpha value is -2.64. The molecule has 2 N–H and O–H groups in total. The molecule has 7 nitrogen and oxygen atoms in total. The van der Waals surface area contributed by atoms with Gasteiger partial charge in [0.25, 0.3) is 0 Å². The highest BCUT2D eigenvalue weighted by atomic mass is 19.1. The van der Waals surface area contributed by atoms with Crippen molar-refractivity contribution in [1.82, 2.24) is 4.90 Å². The summed E-state index contributed by atoms with van der Waals surface area (Å²) in [4.78, 5) is 36.9. The van der Waals surface area contributed by atoms with Gasteiger partial charge in [-0.05, 0) is 36.5 Å². The highest BCUT2D eigenvalue weighted by Gasteiger charge is 2.55. The van der Waals surface area contributed by atoms with Crippen LogP contribution in [-0.4, -0.2) is 48.2 Å². The van der Waals surface area contributed by atoms with Crippen molar-refractivity contribution in [3.05, 3.63) is 29.6 Å². The summed E-state index contributed by atoms with van der Waals surface area (Å²) in [6.07, 6.45) is 2.05. The monoisotopic (exact) mass is 364 g/mol. The summed E-state index contributed by atoms with van der Waals surface area (Å²) in [6.45, 7) is 0.558. The van der Waals surface area contributed by atoms with Crippen molar-refractivity contribution < 1.29 is 28.6 Å². The SMILES string of the molecule is COC(=O)Cc1ccc(NC(=O)N2C[C@@H]3CCC[C@@]3(C(=O)O)C2)cc1F. The van der Waals surface area contributed by atoms with Crippen LogP contribution < -0.4 is 5.32 Å². The zero-order valence-corrected chi connectivity index (χ0v) is 14.5. The molecule has 140 valence electrons. The summed E-state index contributed by atoms with van der Waals surface area (Å²) >= 11 is 0. The molecule has 3 rings (SSSR count). The van der Waals surface area contributed by atoms with Crippen LogP contribution in [0.15, 0.2) is 18.2 Å². The van der Waals surface area contributed by atoms with E-state index in [0.29, 0.717) is 13.0 Å². The first-order chi connectivity index (χ1) is 12.4. The summed E-state index contributed by atoms with van der Waals surface area (Å²) in [5.74, 6) is -2.06. The Balaban J connectivity index is 1.66. The second-order valence-corrected chi connectivity index (χ2v) is 6.92. The van der Waals surface area contributed by atoms with E-state index in [9.17, 15) is 23.9 Å². The van der Waals surface area contributed by atoms with Crippen molar-refractivity contribution in [2.24, 2.45) is 11.3 Å². The lowest BCUT2D eigenvalue weighted by atomic mass is 9.81. The number of fused-ring (bicyclic) bond motifs is 1. The molecular weight excluding hydrogens is 343 g/mol. The van der Waals surface area contributed by atoms with Gasteiger partial charge in [-0.15, -0.1) is 0 Å². The second-order valence-electron chi connectivity index (χ2n) is 6.92. The molecule has 0 radical (unpaired) electrons. The van der Waals surface area contributed by atoms with Crippen LogP contribution in [0.2, 0.25) is 0 Å². The van der Waals surface area contributed by atoms with Gasteiger partial charge in [0.2, 0.25) is 0 Å². The van der Waals surface area contributed by atoms with Crippen molar-refractivity contribution in [1.29, 1.82) is 0 Å². The highest BCUT2D eigenvalue weighted by molar-refractivity contribution is 5.90. The molecule has 2 atom stereocenters. The maximum atomic E-state index is 14.1. The predicted molar refractivity (Wildman–Crippen MR) is 90.1 cm³/mol. The number of carboxylic acids is 1. The van der Waals surface area contributed by atoms with E-state index in [0.717, 1.165) is 18.9 Å². The number of rotatable bonds is 4. The van der Waals surface area contributed by atoms with E-state index in [4.69, 9.17) is 0 Å². The summed E-state index contributed by atoms with van der Waals surface area (Å²) in [5.41, 5.74) is -0.426. The molecule has 0 bridgehead atoms. The average molecular weight is 364 g/mol. The number of methoxy groups -OCH3 is 1. The number of benzene rings is 1. The molecule has 1 aliphatic heterocycles. The highest BCUT2D eigenvalue weighted by Crippen LogP contribution is 2.48. The third-order valence-electron chi connectivity index (χ3n) is 5.45. The van der Waals surface area contributed by atoms with Crippen LogP contribution >= 0.6 is 0 Å². The number of carbonyl (C=O) groups excluding carboxylic acids is 2. The number of halogens is 1. The number of carbonyl (C=O) groups is 3. The van der Waals surface area contributed by atoms with Gasteiger partial charge in [-0.1, -0.05) is 12.5 Å². The third-order valence-corrected chi connectivity index (χ3v) is 5.45. The van der Waals surface area contributed by atoms with Crippen LogP contribution in [0.25, 0.3) is 0 Å². The van der Waals surface area contributed by atoms with Crippen LogP contribution in [0.5, 0.6) is 0 Å². The predicted octanol–water partition coefficient (Wildman–Crippen LogP) is 2.26. The summed E-state index contributed by atoms with van der Waals surface area (Å²) in [5, 5.41) is 12.2. The molecular formula is C18H21FN2O5. The van der Waals surface area contributed by atoms with E-state index < -0.39 is 29.2 Å². The number of ether oxygens (including phenoxy) is 1. The Morgan fingerprint density at radius 3 is 2.81 bits per heavy atom. The Kier molecular flexibility index (Phi) is 4.84. The number of urea groups is 1. The Morgan fingerprint density at radius 2 is 2.19 bits per heavy atom. The van der Waals surface area contributed by atoms with E-state index >= 15 is 0 Å². The Morgan fingerprint density at radius 1 is 1.42 bits per heavy atom. The number of hydrogen-bond donors (Lipinski definition) is 2. The Labute approximate surface area is 150 Å². The van der Waals surface area contributed by atoms with E-state index in [-0.39, 0.29) is 30.1 Å². The van der Waals surface area contributed by atoms with Crippen molar-refractivity contribution >= 4 is 23.7 Å². The molecule has 0 spiro atoms. The first kappa shape index (κ1) is 18.2. The van der Waals surface area contributed by atoms with Gasteiger partial charge in [0.1, 0.15) is 5.82 Å². The molecule has 2 amide bonds. The van der Waals surface area contributed by atoms with Gasteiger partial charge in [0, 0.05) is 18.8 Å². The van der Waals surface area contributed by atoms with E-state index in [1.807, 2.05) is 0 Å². The minimum absolute atomic E-state index is 0.0371. The molecule has 1 saturated heterocycles. The van der Waals surface area contributed by atoms with Gasteiger partial charge in [-0.2, -0.15) is 0 Å². The molecule has 1 aliphatic carbocycles. The van der Waals surface area contributed by atoms with Gasteiger partial charge in [0.15, 0.2) is 0 Å². The van der Waals surface area contributed by atoms with Gasteiger partial charge >= 0.3 is 18.0 Å². The third kappa shape index (κ3) is 3.23. The fraction of sp³-hybridized carbons (Fsp3) is 0.500. The lowest BCUT2D eigenvalue weighted by molar-refractivity contribution is -0.149. The molecule has 26 heavy (non-hydrogen) atoms. The molecule has 2 aliphatic rings. The van der Waals surface area contributed by atoms with Gasteiger partial charge < -0.3 is 20.1 Å². The van der Waals surface area contributed by atoms with Crippen LogP contribution in [0.1, 0.15) is 24.8 Å². The number of amides is 2. The molecule has 1 saturated carbocycles.